The Labute approximate surface area is 141 Å². The number of unbranched alkanes of at least 4 members (excludes halogenated alkanes) is 9. The van der Waals surface area contributed by atoms with Gasteiger partial charge < -0.3 is 10.0 Å². The van der Waals surface area contributed by atoms with E-state index in [4.69, 9.17) is 5.11 Å². The van der Waals surface area contributed by atoms with Gasteiger partial charge in [-0.1, -0.05) is 64.9 Å². The van der Waals surface area contributed by atoms with Crippen LogP contribution in [0.3, 0.4) is 0 Å². The molecule has 0 heterocycles. The van der Waals surface area contributed by atoms with E-state index in [9.17, 15) is 9.59 Å². The van der Waals surface area contributed by atoms with Crippen LogP contribution in [0.4, 0.5) is 0 Å². The highest BCUT2D eigenvalue weighted by atomic mass is 16.4. The van der Waals surface area contributed by atoms with Gasteiger partial charge in [-0.2, -0.15) is 0 Å². The van der Waals surface area contributed by atoms with E-state index in [1.807, 2.05) is 4.90 Å². The van der Waals surface area contributed by atoms with Gasteiger partial charge in [-0.15, -0.1) is 0 Å². The molecule has 1 N–H and O–H groups in total. The molecule has 4 nitrogen and oxygen atoms in total. The van der Waals surface area contributed by atoms with Crippen LogP contribution in [0.1, 0.15) is 84.0 Å². The molecule has 0 unspecified atom stereocenters. The lowest BCUT2D eigenvalue weighted by Crippen LogP contribution is -2.31. The number of carboxylic acid groups (broad SMARTS) is 1. The van der Waals surface area contributed by atoms with Crippen molar-refractivity contribution in [2.45, 2.75) is 84.0 Å². The molecule has 1 amide bonds. The van der Waals surface area contributed by atoms with Crippen LogP contribution in [0.2, 0.25) is 0 Å². The van der Waals surface area contributed by atoms with Crippen molar-refractivity contribution in [3.8, 4) is 0 Å². The van der Waals surface area contributed by atoms with E-state index in [0.29, 0.717) is 0 Å². The first kappa shape index (κ1) is 21.7. The predicted molar refractivity (Wildman–Crippen MR) is 95.5 cm³/mol. The van der Waals surface area contributed by atoms with Gasteiger partial charge >= 0.3 is 5.97 Å². The first-order valence-corrected chi connectivity index (χ1v) is 9.25. The molecule has 0 atom stereocenters. The van der Waals surface area contributed by atoms with Crippen molar-refractivity contribution < 1.29 is 14.7 Å². The van der Waals surface area contributed by atoms with Crippen LogP contribution in [-0.4, -0.2) is 35.0 Å². The molecule has 0 rings (SSSR count). The molecule has 4 heteroatoms. The summed E-state index contributed by atoms with van der Waals surface area (Å²) in [6.45, 7) is 7.37. The van der Waals surface area contributed by atoms with Crippen LogP contribution in [-0.2, 0) is 9.59 Å². The average Bonchev–Trinajstić information content (AvgIpc) is 2.54. The van der Waals surface area contributed by atoms with Gasteiger partial charge in [-0.25, -0.2) is 0 Å². The summed E-state index contributed by atoms with van der Waals surface area (Å²) in [6, 6.07) is 0. The molecule has 0 saturated heterocycles. The Hall–Kier alpha value is -1.32. The number of carboxylic acids is 1. The second-order valence-corrected chi connectivity index (χ2v) is 6.21. The second kappa shape index (κ2) is 15.6. The maximum absolute atomic E-state index is 11.9. The van der Waals surface area contributed by atoms with Gasteiger partial charge in [0, 0.05) is 19.5 Å². The normalized spacial score (nSPS) is 10.5. The predicted octanol–water partition coefficient (Wildman–Crippen LogP) is 4.79. The fourth-order valence-electron chi connectivity index (χ4n) is 2.65. The van der Waals surface area contributed by atoms with Gasteiger partial charge in [-0.3, -0.25) is 9.59 Å². The zero-order valence-corrected chi connectivity index (χ0v) is 14.9. The van der Waals surface area contributed by atoms with Crippen molar-refractivity contribution >= 4 is 11.9 Å². The Kier molecular flexibility index (Phi) is 14.7. The topological polar surface area (TPSA) is 57.6 Å². The molecule has 0 saturated carbocycles. The molecular formula is C19H35NO3. The van der Waals surface area contributed by atoms with Crippen LogP contribution in [0, 0.1) is 0 Å². The van der Waals surface area contributed by atoms with Crippen LogP contribution in [0.15, 0.2) is 12.7 Å². The van der Waals surface area contributed by atoms with Crippen molar-refractivity contribution in [3.05, 3.63) is 12.7 Å². The Morgan fingerprint density at radius 1 is 0.870 bits per heavy atom. The Morgan fingerprint density at radius 2 is 1.35 bits per heavy atom. The van der Waals surface area contributed by atoms with E-state index in [-0.39, 0.29) is 12.3 Å². The van der Waals surface area contributed by atoms with Crippen LogP contribution >= 0.6 is 0 Å². The van der Waals surface area contributed by atoms with Crippen molar-refractivity contribution in [1.29, 1.82) is 0 Å². The van der Waals surface area contributed by atoms with Gasteiger partial charge in [0.15, 0.2) is 0 Å². The lowest BCUT2D eigenvalue weighted by Gasteiger charge is -2.21. The second-order valence-electron chi connectivity index (χ2n) is 6.21. The largest absolute Gasteiger partial charge is 0.481 e. The lowest BCUT2D eigenvalue weighted by atomic mass is 10.1. The number of aliphatic carboxylic acids is 1. The molecular weight excluding hydrogens is 290 g/mol. The van der Waals surface area contributed by atoms with Crippen molar-refractivity contribution in [2.24, 2.45) is 0 Å². The maximum Gasteiger partial charge on any atom is 0.303 e. The van der Waals surface area contributed by atoms with Gasteiger partial charge in [0.2, 0.25) is 5.91 Å². The van der Waals surface area contributed by atoms with E-state index in [0.717, 1.165) is 45.2 Å². The summed E-state index contributed by atoms with van der Waals surface area (Å²) in [7, 11) is 0. The van der Waals surface area contributed by atoms with Crippen LogP contribution in [0.5, 0.6) is 0 Å². The van der Waals surface area contributed by atoms with Crippen molar-refractivity contribution in [1.82, 2.24) is 4.90 Å². The lowest BCUT2D eigenvalue weighted by molar-refractivity contribution is -0.137. The summed E-state index contributed by atoms with van der Waals surface area (Å²) in [6.07, 6.45) is 13.9. The standard InChI is InChI=1S/C19H35NO3/c1-3-5-6-7-8-10-13-16-20(18(21)4-2)17-14-11-9-12-15-19(22)23/h4H,2-3,5-17H2,1H3,(H,22,23). The summed E-state index contributed by atoms with van der Waals surface area (Å²) in [4.78, 5) is 24.2. The molecule has 0 bridgehead atoms. The van der Waals surface area contributed by atoms with Crippen LogP contribution < -0.4 is 0 Å². The molecule has 0 aliphatic rings. The highest BCUT2D eigenvalue weighted by Gasteiger charge is 2.09. The molecule has 0 radical (unpaired) electrons. The quantitative estimate of drug-likeness (QED) is 0.328. The number of carbonyl (C=O) groups is 2. The number of amides is 1. The summed E-state index contributed by atoms with van der Waals surface area (Å²) in [5.74, 6) is -0.714. The fourth-order valence-corrected chi connectivity index (χ4v) is 2.65. The van der Waals surface area contributed by atoms with E-state index < -0.39 is 5.97 Å². The number of hydrogen-bond donors (Lipinski definition) is 1. The molecule has 0 aliphatic heterocycles. The van der Waals surface area contributed by atoms with Gasteiger partial charge in [0.1, 0.15) is 0 Å². The number of carbonyl (C=O) groups excluding carboxylic acids is 1. The van der Waals surface area contributed by atoms with Crippen molar-refractivity contribution in [2.75, 3.05) is 13.1 Å². The fraction of sp³-hybridized carbons (Fsp3) is 0.789. The molecule has 0 fully saturated rings. The molecule has 134 valence electrons. The van der Waals surface area contributed by atoms with Gasteiger partial charge in [0.05, 0.1) is 0 Å². The third-order valence-electron chi connectivity index (χ3n) is 4.09. The van der Waals surface area contributed by atoms with Gasteiger partial charge in [-0.05, 0) is 25.3 Å². The summed E-state index contributed by atoms with van der Waals surface area (Å²) in [5.41, 5.74) is 0. The average molecular weight is 325 g/mol. The highest BCUT2D eigenvalue weighted by Crippen LogP contribution is 2.09. The molecule has 0 spiro atoms. The molecule has 0 aliphatic carbocycles. The molecule has 23 heavy (non-hydrogen) atoms. The van der Waals surface area contributed by atoms with Gasteiger partial charge in [0.25, 0.3) is 0 Å². The van der Waals surface area contributed by atoms with E-state index in [2.05, 4.69) is 13.5 Å². The smallest absolute Gasteiger partial charge is 0.303 e. The summed E-state index contributed by atoms with van der Waals surface area (Å²) < 4.78 is 0. The number of nitrogens with zero attached hydrogens (tertiary/aromatic N) is 1. The van der Waals surface area contributed by atoms with Crippen molar-refractivity contribution in [3.63, 3.8) is 0 Å². The minimum atomic E-state index is -0.729. The number of hydrogen-bond acceptors (Lipinski definition) is 2. The Bertz CT molecular complexity index is 329. The Balaban J connectivity index is 3.75. The van der Waals surface area contributed by atoms with E-state index in [1.54, 1.807) is 0 Å². The molecule has 0 aromatic carbocycles. The SMILES string of the molecule is C=CC(=O)N(CCCCCCCCC)CCCCCCC(=O)O. The Morgan fingerprint density at radius 3 is 1.83 bits per heavy atom. The zero-order chi connectivity index (χ0) is 17.3. The zero-order valence-electron chi connectivity index (χ0n) is 14.9. The third-order valence-corrected chi connectivity index (χ3v) is 4.09. The minimum Gasteiger partial charge on any atom is -0.481 e. The first-order valence-electron chi connectivity index (χ1n) is 9.25. The first-order chi connectivity index (χ1) is 11.1. The maximum atomic E-state index is 11.9. The summed E-state index contributed by atoms with van der Waals surface area (Å²) >= 11 is 0. The molecule has 0 aromatic rings. The highest BCUT2D eigenvalue weighted by molar-refractivity contribution is 5.86. The van der Waals surface area contributed by atoms with E-state index in [1.165, 1.54) is 44.6 Å². The van der Waals surface area contributed by atoms with E-state index >= 15 is 0 Å². The third kappa shape index (κ3) is 14.0. The molecule has 0 aromatic heterocycles. The minimum absolute atomic E-state index is 0.0153. The summed E-state index contributed by atoms with van der Waals surface area (Å²) in [5, 5.41) is 8.59. The monoisotopic (exact) mass is 325 g/mol. The van der Waals surface area contributed by atoms with Crippen LogP contribution in [0.25, 0.3) is 0 Å². The number of rotatable bonds is 16.